The lowest BCUT2D eigenvalue weighted by molar-refractivity contribution is 0.0693. The summed E-state index contributed by atoms with van der Waals surface area (Å²) in [5, 5.41) is 17.0. The average Bonchev–Trinajstić information content (AvgIpc) is 2.13. The lowest BCUT2D eigenvalue weighted by atomic mass is 10.2. The standard InChI is InChI=1S/C12H13N3O2/c1-6-4-7(2)15-9(5-6)14-8(3)10(11(15)13)12(16)17/h4-5,13H,1-3H3,(H,16,17). The molecule has 0 unspecified atom stereocenters. The summed E-state index contributed by atoms with van der Waals surface area (Å²) in [6.45, 7) is 5.39. The van der Waals surface area contributed by atoms with Gasteiger partial charge in [-0.1, -0.05) is 0 Å². The van der Waals surface area contributed by atoms with Crippen LogP contribution in [-0.2, 0) is 0 Å². The molecule has 2 N–H and O–H groups in total. The van der Waals surface area contributed by atoms with Gasteiger partial charge in [-0.3, -0.25) is 9.81 Å². The zero-order chi connectivity index (χ0) is 12.7. The summed E-state index contributed by atoms with van der Waals surface area (Å²) in [4.78, 5) is 15.3. The van der Waals surface area contributed by atoms with Gasteiger partial charge < -0.3 is 5.11 Å². The second-order valence-electron chi connectivity index (χ2n) is 4.09. The SMILES string of the molecule is Cc1cc(C)n2c(=N)c(C(=O)O)c(C)nc2c1. The second-order valence-corrected chi connectivity index (χ2v) is 4.09. The van der Waals surface area contributed by atoms with Crippen LogP contribution in [0.3, 0.4) is 0 Å². The van der Waals surface area contributed by atoms with E-state index in [2.05, 4.69) is 4.98 Å². The molecule has 0 aliphatic heterocycles. The maximum Gasteiger partial charge on any atom is 0.341 e. The number of nitrogens with zero attached hydrogens (tertiary/aromatic N) is 2. The molecule has 0 aliphatic carbocycles. The number of aryl methyl sites for hydroxylation is 3. The highest BCUT2D eigenvalue weighted by Crippen LogP contribution is 2.09. The van der Waals surface area contributed by atoms with Gasteiger partial charge in [-0.05, 0) is 38.5 Å². The highest BCUT2D eigenvalue weighted by atomic mass is 16.4. The molecule has 0 saturated heterocycles. The number of hydrogen-bond acceptors (Lipinski definition) is 3. The van der Waals surface area contributed by atoms with Gasteiger partial charge >= 0.3 is 5.97 Å². The Balaban J connectivity index is 3.03. The van der Waals surface area contributed by atoms with E-state index in [-0.39, 0.29) is 11.1 Å². The Hall–Kier alpha value is -2.17. The van der Waals surface area contributed by atoms with E-state index in [0.29, 0.717) is 11.3 Å². The van der Waals surface area contributed by atoms with Crippen molar-refractivity contribution < 1.29 is 9.90 Å². The molecular weight excluding hydrogens is 218 g/mol. The van der Waals surface area contributed by atoms with E-state index in [9.17, 15) is 4.79 Å². The predicted octanol–water partition coefficient (Wildman–Crippen LogP) is 1.44. The highest BCUT2D eigenvalue weighted by molar-refractivity contribution is 5.88. The number of rotatable bonds is 1. The maximum absolute atomic E-state index is 11.1. The first-order chi connectivity index (χ1) is 7.91. The maximum atomic E-state index is 11.1. The van der Waals surface area contributed by atoms with Crippen molar-refractivity contribution in [1.29, 1.82) is 5.41 Å². The number of fused-ring (bicyclic) bond motifs is 1. The first-order valence-electron chi connectivity index (χ1n) is 5.20. The summed E-state index contributed by atoms with van der Waals surface area (Å²) in [6, 6.07) is 3.73. The van der Waals surface area contributed by atoms with Crippen molar-refractivity contribution in [1.82, 2.24) is 9.38 Å². The Kier molecular flexibility index (Phi) is 2.46. The minimum absolute atomic E-state index is 0.0301. The first kappa shape index (κ1) is 11.3. The van der Waals surface area contributed by atoms with Crippen molar-refractivity contribution in [2.24, 2.45) is 0 Å². The van der Waals surface area contributed by atoms with Crippen LogP contribution >= 0.6 is 0 Å². The van der Waals surface area contributed by atoms with Crippen LogP contribution < -0.4 is 5.49 Å². The molecule has 2 rings (SSSR count). The number of carboxylic acid groups (broad SMARTS) is 1. The number of carbonyl (C=O) groups is 1. The summed E-state index contributed by atoms with van der Waals surface area (Å²) in [7, 11) is 0. The van der Waals surface area contributed by atoms with Gasteiger partial charge in [0.15, 0.2) is 0 Å². The van der Waals surface area contributed by atoms with Gasteiger partial charge in [-0.2, -0.15) is 0 Å². The Morgan fingerprint density at radius 1 is 1.35 bits per heavy atom. The zero-order valence-corrected chi connectivity index (χ0v) is 9.90. The van der Waals surface area contributed by atoms with Crippen molar-refractivity contribution in [3.8, 4) is 0 Å². The third-order valence-corrected chi connectivity index (χ3v) is 2.69. The van der Waals surface area contributed by atoms with Crippen LogP contribution in [0.15, 0.2) is 12.1 Å². The lowest BCUT2D eigenvalue weighted by Gasteiger charge is -2.10. The van der Waals surface area contributed by atoms with Crippen LogP contribution in [0.2, 0.25) is 0 Å². The van der Waals surface area contributed by atoms with Gasteiger partial charge in [0.05, 0.1) is 5.69 Å². The van der Waals surface area contributed by atoms with Crippen LogP contribution in [-0.4, -0.2) is 20.5 Å². The van der Waals surface area contributed by atoms with Crippen LogP contribution in [0.1, 0.15) is 27.3 Å². The van der Waals surface area contributed by atoms with Crippen molar-refractivity contribution in [2.45, 2.75) is 20.8 Å². The number of nitrogens with one attached hydrogen (secondary N) is 1. The largest absolute Gasteiger partial charge is 0.477 e. The van der Waals surface area contributed by atoms with E-state index in [1.165, 1.54) is 0 Å². The Morgan fingerprint density at radius 2 is 2.00 bits per heavy atom. The average molecular weight is 231 g/mol. The fourth-order valence-electron chi connectivity index (χ4n) is 2.02. The van der Waals surface area contributed by atoms with Crippen molar-refractivity contribution in [3.63, 3.8) is 0 Å². The molecule has 0 spiro atoms. The van der Waals surface area contributed by atoms with Crippen LogP contribution in [0.5, 0.6) is 0 Å². The molecule has 2 heterocycles. The van der Waals surface area contributed by atoms with E-state index < -0.39 is 5.97 Å². The van der Waals surface area contributed by atoms with Crippen LogP contribution in [0.4, 0.5) is 0 Å². The summed E-state index contributed by atoms with van der Waals surface area (Å²) >= 11 is 0. The third kappa shape index (κ3) is 1.69. The molecule has 2 aromatic heterocycles. The second kappa shape index (κ2) is 3.69. The molecule has 2 aromatic rings. The van der Waals surface area contributed by atoms with Gasteiger partial charge in [-0.15, -0.1) is 0 Å². The lowest BCUT2D eigenvalue weighted by Crippen LogP contribution is -2.26. The number of hydrogen-bond donors (Lipinski definition) is 2. The van der Waals surface area contributed by atoms with Crippen LogP contribution in [0, 0.1) is 26.2 Å². The monoisotopic (exact) mass is 231 g/mol. The number of pyridine rings is 1. The predicted molar refractivity (Wildman–Crippen MR) is 62.2 cm³/mol. The summed E-state index contributed by atoms with van der Waals surface area (Å²) in [6.07, 6.45) is 0. The number of aromatic carboxylic acids is 1. The molecule has 0 fully saturated rings. The quantitative estimate of drug-likeness (QED) is 0.779. The molecule has 5 heteroatoms. The zero-order valence-electron chi connectivity index (χ0n) is 9.90. The molecule has 0 aliphatic rings. The molecule has 0 aromatic carbocycles. The van der Waals surface area contributed by atoms with Crippen LogP contribution in [0.25, 0.3) is 5.65 Å². The van der Waals surface area contributed by atoms with Gasteiger partial charge in [0.1, 0.15) is 16.7 Å². The summed E-state index contributed by atoms with van der Waals surface area (Å²) in [5.41, 5.74) is 2.74. The van der Waals surface area contributed by atoms with Crippen molar-refractivity contribution >= 4 is 11.6 Å². The number of carboxylic acids is 1. The molecule has 0 bridgehead atoms. The van der Waals surface area contributed by atoms with Gasteiger partial charge in [0, 0.05) is 5.69 Å². The first-order valence-corrected chi connectivity index (χ1v) is 5.20. The van der Waals surface area contributed by atoms with E-state index in [4.69, 9.17) is 10.5 Å². The highest BCUT2D eigenvalue weighted by Gasteiger charge is 2.14. The summed E-state index contributed by atoms with van der Waals surface area (Å²) in [5.74, 6) is -1.12. The minimum atomic E-state index is -1.12. The fourth-order valence-corrected chi connectivity index (χ4v) is 2.02. The molecule has 0 amide bonds. The topological polar surface area (TPSA) is 78.5 Å². The molecule has 5 nitrogen and oxygen atoms in total. The van der Waals surface area contributed by atoms with Crippen molar-refractivity contribution in [3.05, 3.63) is 40.1 Å². The number of aromatic nitrogens is 2. The van der Waals surface area contributed by atoms with Gasteiger partial charge in [-0.25, -0.2) is 9.78 Å². The molecule has 17 heavy (non-hydrogen) atoms. The molecule has 88 valence electrons. The molecule has 0 radical (unpaired) electrons. The Morgan fingerprint density at radius 3 is 2.59 bits per heavy atom. The Labute approximate surface area is 97.9 Å². The molecule has 0 saturated carbocycles. The van der Waals surface area contributed by atoms with E-state index in [1.54, 1.807) is 11.3 Å². The molecular formula is C12H13N3O2. The summed E-state index contributed by atoms with van der Waals surface area (Å²) < 4.78 is 1.55. The molecule has 0 atom stereocenters. The Bertz CT molecular complexity index is 686. The van der Waals surface area contributed by atoms with Gasteiger partial charge in [0.25, 0.3) is 0 Å². The minimum Gasteiger partial charge on any atom is -0.477 e. The smallest absolute Gasteiger partial charge is 0.341 e. The normalized spacial score (nSPS) is 10.8. The fraction of sp³-hybridized carbons (Fsp3) is 0.250. The third-order valence-electron chi connectivity index (χ3n) is 2.69. The van der Waals surface area contributed by atoms with Crippen molar-refractivity contribution in [2.75, 3.05) is 0 Å². The van der Waals surface area contributed by atoms with Gasteiger partial charge in [0.2, 0.25) is 0 Å². The van der Waals surface area contributed by atoms with E-state index in [0.717, 1.165) is 11.3 Å². The van der Waals surface area contributed by atoms with E-state index >= 15 is 0 Å². The van der Waals surface area contributed by atoms with E-state index in [1.807, 2.05) is 26.0 Å².